The van der Waals surface area contributed by atoms with Gasteiger partial charge in [0.25, 0.3) is 0 Å². The summed E-state index contributed by atoms with van der Waals surface area (Å²) in [5.74, 6) is 0.630. The minimum absolute atomic E-state index is 0.188. The van der Waals surface area contributed by atoms with Crippen LogP contribution in [0.4, 0.5) is 0 Å². The lowest BCUT2D eigenvalue weighted by Gasteiger charge is -2.20. The smallest absolute Gasteiger partial charge is 0.462 e. The van der Waals surface area contributed by atoms with Crippen molar-refractivity contribution in [2.24, 2.45) is 11.8 Å². The van der Waals surface area contributed by atoms with Crippen LogP contribution < -0.4 is 0 Å². The Kier molecular flexibility index (Phi) is 30.3. The molecule has 0 aromatic rings. The zero-order valence-corrected chi connectivity index (χ0v) is 31.2. The van der Waals surface area contributed by atoms with Crippen LogP contribution in [0.15, 0.2) is 0 Å². The van der Waals surface area contributed by atoms with Crippen LogP contribution in [0.25, 0.3) is 0 Å². The summed E-state index contributed by atoms with van der Waals surface area (Å²) in [5, 5.41) is 18.2. The number of aliphatic hydroxyl groups is 2. The SMILES string of the molecule is CC(C)CCCCCCCCCCCCC(=O)O[C@H](COC(=O)CCCCCCCCCCC(C)C)COP(=O)(O)OC[C@@H](O)CO. The van der Waals surface area contributed by atoms with E-state index >= 15 is 0 Å². The fourth-order valence-corrected chi connectivity index (χ4v) is 5.97. The Bertz CT molecular complexity index is 792. The van der Waals surface area contributed by atoms with E-state index in [0.29, 0.717) is 12.8 Å². The van der Waals surface area contributed by atoms with Gasteiger partial charge in [-0.1, -0.05) is 143 Å². The summed E-state index contributed by atoms with van der Waals surface area (Å²) in [4.78, 5) is 34.7. The highest BCUT2D eigenvalue weighted by Gasteiger charge is 2.27. The van der Waals surface area contributed by atoms with Crippen LogP contribution in [0.2, 0.25) is 0 Å². The highest BCUT2D eigenvalue weighted by Crippen LogP contribution is 2.43. The topological polar surface area (TPSA) is 149 Å². The van der Waals surface area contributed by atoms with Gasteiger partial charge >= 0.3 is 19.8 Å². The van der Waals surface area contributed by atoms with Crippen LogP contribution in [0.1, 0.15) is 169 Å². The fraction of sp³-hybridized carbons (Fsp3) is 0.944. The predicted molar refractivity (Wildman–Crippen MR) is 187 cm³/mol. The number of phosphoric ester groups is 1. The molecule has 280 valence electrons. The number of hydrogen-bond donors (Lipinski definition) is 3. The molecule has 0 aromatic heterocycles. The average molecular weight is 695 g/mol. The van der Waals surface area contributed by atoms with E-state index in [2.05, 4.69) is 32.2 Å². The molecule has 0 saturated carbocycles. The number of aliphatic hydroxyl groups excluding tert-OH is 2. The number of hydrogen-bond acceptors (Lipinski definition) is 9. The second kappa shape index (κ2) is 31.0. The number of ether oxygens (including phenoxy) is 2. The van der Waals surface area contributed by atoms with Crippen molar-refractivity contribution < 1.29 is 47.8 Å². The second-order valence-corrected chi connectivity index (χ2v) is 15.4. The van der Waals surface area contributed by atoms with E-state index in [1.54, 1.807) is 0 Å². The van der Waals surface area contributed by atoms with E-state index in [1.807, 2.05) is 0 Å². The molecule has 0 aliphatic heterocycles. The van der Waals surface area contributed by atoms with Crippen molar-refractivity contribution in [1.82, 2.24) is 0 Å². The monoisotopic (exact) mass is 694 g/mol. The van der Waals surface area contributed by atoms with Gasteiger partial charge in [0.15, 0.2) is 6.10 Å². The Morgan fingerprint density at radius 3 is 1.38 bits per heavy atom. The lowest BCUT2D eigenvalue weighted by atomic mass is 10.0. The van der Waals surface area contributed by atoms with Gasteiger partial charge in [0, 0.05) is 12.8 Å². The lowest BCUT2D eigenvalue weighted by molar-refractivity contribution is -0.161. The first-order valence-corrected chi connectivity index (χ1v) is 20.2. The average Bonchev–Trinajstić information content (AvgIpc) is 3.02. The van der Waals surface area contributed by atoms with E-state index in [-0.39, 0.29) is 19.4 Å². The van der Waals surface area contributed by atoms with Crippen molar-refractivity contribution in [2.75, 3.05) is 26.4 Å². The van der Waals surface area contributed by atoms with E-state index < -0.39 is 51.8 Å². The maximum absolute atomic E-state index is 12.5. The Balaban J connectivity index is 4.37. The van der Waals surface area contributed by atoms with Crippen molar-refractivity contribution in [3.8, 4) is 0 Å². The predicted octanol–water partition coefficient (Wildman–Crippen LogP) is 8.82. The van der Waals surface area contributed by atoms with Gasteiger partial charge in [-0.3, -0.25) is 18.6 Å². The lowest BCUT2D eigenvalue weighted by Crippen LogP contribution is -2.29. The summed E-state index contributed by atoms with van der Waals surface area (Å²) in [7, 11) is -4.60. The van der Waals surface area contributed by atoms with Crippen molar-refractivity contribution in [3.63, 3.8) is 0 Å². The van der Waals surface area contributed by atoms with E-state index in [4.69, 9.17) is 19.1 Å². The molecule has 11 heteroatoms. The number of esters is 2. The Hall–Kier alpha value is -1.03. The molecule has 10 nitrogen and oxygen atoms in total. The number of phosphoric acid groups is 1. The van der Waals surface area contributed by atoms with Crippen LogP contribution in [-0.2, 0) is 32.7 Å². The van der Waals surface area contributed by atoms with Crippen LogP contribution in [0, 0.1) is 11.8 Å². The zero-order valence-electron chi connectivity index (χ0n) is 30.3. The zero-order chi connectivity index (χ0) is 35.2. The molecular formula is C36H71O10P. The quantitative estimate of drug-likeness (QED) is 0.0339. The standard InChI is InChI=1S/C36H71O10P/c1-31(2)23-19-15-11-7-5-6-8-14-18-22-26-36(40)46-34(30-45-47(41,42)44-28-33(38)27-37)29-43-35(39)25-21-17-13-10-9-12-16-20-24-32(3)4/h31-34,37-38H,5-30H2,1-4H3,(H,41,42)/t33-,34+/m0/s1. The summed E-state index contributed by atoms with van der Waals surface area (Å²) < 4.78 is 32.5. The van der Waals surface area contributed by atoms with E-state index in [1.165, 1.54) is 77.0 Å². The molecule has 3 N–H and O–H groups in total. The van der Waals surface area contributed by atoms with Gasteiger partial charge in [0.1, 0.15) is 12.7 Å². The molecule has 3 atom stereocenters. The number of rotatable bonds is 34. The van der Waals surface area contributed by atoms with Gasteiger partial charge in [0.05, 0.1) is 19.8 Å². The van der Waals surface area contributed by atoms with Gasteiger partial charge in [0.2, 0.25) is 0 Å². The fourth-order valence-electron chi connectivity index (χ4n) is 5.19. The Morgan fingerprint density at radius 1 is 0.574 bits per heavy atom. The first kappa shape index (κ1) is 46.0. The third kappa shape index (κ3) is 33.3. The molecule has 1 unspecified atom stereocenters. The van der Waals surface area contributed by atoms with Crippen molar-refractivity contribution in [2.45, 2.75) is 181 Å². The molecule has 0 rings (SSSR count). The summed E-state index contributed by atoms with van der Waals surface area (Å²) in [6.07, 6.45) is 21.0. The first-order chi connectivity index (χ1) is 22.4. The molecule has 0 aromatic carbocycles. The first-order valence-electron chi connectivity index (χ1n) is 18.7. The van der Waals surface area contributed by atoms with Gasteiger partial charge in [-0.15, -0.1) is 0 Å². The molecule has 0 fully saturated rings. The van der Waals surface area contributed by atoms with E-state index in [9.17, 15) is 24.2 Å². The van der Waals surface area contributed by atoms with Crippen molar-refractivity contribution in [1.29, 1.82) is 0 Å². The van der Waals surface area contributed by atoms with Gasteiger partial charge in [-0.25, -0.2) is 4.57 Å². The summed E-state index contributed by atoms with van der Waals surface area (Å²) in [5.41, 5.74) is 0. The molecule has 0 spiro atoms. The molecule has 0 aliphatic carbocycles. The molecule has 0 heterocycles. The summed E-state index contributed by atoms with van der Waals surface area (Å²) in [6.45, 7) is 6.95. The van der Waals surface area contributed by atoms with E-state index in [0.717, 1.165) is 50.4 Å². The third-order valence-electron chi connectivity index (χ3n) is 8.12. The number of carbonyl (C=O) groups is 2. The Morgan fingerprint density at radius 2 is 0.957 bits per heavy atom. The number of carbonyl (C=O) groups excluding carboxylic acids is 2. The molecule has 0 aliphatic rings. The molecule has 0 bridgehead atoms. The van der Waals surface area contributed by atoms with Crippen LogP contribution in [0.3, 0.4) is 0 Å². The normalized spacial score (nSPS) is 14.3. The highest BCUT2D eigenvalue weighted by atomic mass is 31.2. The second-order valence-electron chi connectivity index (χ2n) is 13.9. The maximum atomic E-state index is 12.5. The van der Waals surface area contributed by atoms with Crippen molar-refractivity contribution in [3.05, 3.63) is 0 Å². The summed E-state index contributed by atoms with van der Waals surface area (Å²) >= 11 is 0. The van der Waals surface area contributed by atoms with Crippen LogP contribution in [0.5, 0.6) is 0 Å². The van der Waals surface area contributed by atoms with Gasteiger partial charge < -0.3 is 24.6 Å². The Labute approximate surface area is 286 Å². The largest absolute Gasteiger partial charge is 0.472 e. The molecule has 0 saturated heterocycles. The van der Waals surface area contributed by atoms with Gasteiger partial charge in [-0.2, -0.15) is 0 Å². The molecule has 47 heavy (non-hydrogen) atoms. The summed E-state index contributed by atoms with van der Waals surface area (Å²) in [6, 6.07) is 0. The minimum Gasteiger partial charge on any atom is -0.462 e. The minimum atomic E-state index is -4.60. The van der Waals surface area contributed by atoms with Gasteiger partial charge in [-0.05, 0) is 24.7 Å². The third-order valence-corrected chi connectivity index (χ3v) is 9.07. The van der Waals surface area contributed by atoms with Crippen LogP contribution >= 0.6 is 7.82 Å². The van der Waals surface area contributed by atoms with Crippen LogP contribution in [-0.4, -0.2) is 65.7 Å². The highest BCUT2D eigenvalue weighted by molar-refractivity contribution is 7.47. The molecule has 0 amide bonds. The van der Waals surface area contributed by atoms with Crippen molar-refractivity contribution >= 4 is 19.8 Å². The molecular weight excluding hydrogens is 623 g/mol. The maximum Gasteiger partial charge on any atom is 0.472 e. The molecule has 0 radical (unpaired) electrons. The number of unbranched alkanes of at least 4 members (excludes halogenated alkanes) is 16.